The number of hydrogen-bond acceptors (Lipinski definition) is 3. The predicted molar refractivity (Wildman–Crippen MR) is 50.4 cm³/mol. The summed E-state index contributed by atoms with van der Waals surface area (Å²) in [7, 11) is 0. The van der Waals surface area contributed by atoms with Gasteiger partial charge >= 0.3 is 0 Å². The Morgan fingerprint density at radius 1 is 1.31 bits per heavy atom. The molecule has 0 radical (unpaired) electrons. The van der Waals surface area contributed by atoms with E-state index in [4.69, 9.17) is 0 Å². The van der Waals surface area contributed by atoms with Gasteiger partial charge in [-0.05, 0) is 6.54 Å². The minimum atomic E-state index is 0.974. The van der Waals surface area contributed by atoms with E-state index in [-0.39, 0.29) is 0 Å². The van der Waals surface area contributed by atoms with Crippen LogP contribution in [0, 0.1) is 0 Å². The molecule has 0 saturated carbocycles. The van der Waals surface area contributed by atoms with Gasteiger partial charge in [0.15, 0.2) is 0 Å². The van der Waals surface area contributed by atoms with Gasteiger partial charge in [-0.25, -0.2) is 0 Å². The Morgan fingerprint density at radius 2 is 2.15 bits per heavy atom. The second-order valence-electron chi connectivity index (χ2n) is 3.42. The molecule has 0 amide bonds. The first-order chi connectivity index (χ1) is 6.35. The van der Waals surface area contributed by atoms with Gasteiger partial charge < -0.3 is 4.57 Å². The number of fused-ring (bicyclic) bond motifs is 1. The van der Waals surface area contributed by atoms with Gasteiger partial charge in [0.25, 0.3) is 0 Å². The molecule has 0 saturated heterocycles. The van der Waals surface area contributed by atoms with E-state index < -0.39 is 0 Å². The van der Waals surface area contributed by atoms with Crippen LogP contribution in [0.1, 0.15) is 25.5 Å². The molecule has 2 heterocycles. The fraction of sp³-hybridized carbons (Fsp3) is 0.778. The Balaban J connectivity index is 2.25. The maximum atomic E-state index is 4.18. The van der Waals surface area contributed by atoms with Crippen LogP contribution in [-0.4, -0.2) is 32.8 Å². The molecule has 72 valence electrons. The molecule has 1 aromatic heterocycles. The lowest BCUT2D eigenvalue weighted by atomic mass is 10.3. The molecule has 1 aliphatic rings. The van der Waals surface area contributed by atoms with Crippen LogP contribution in [0.2, 0.25) is 0 Å². The second-order valence-corrected chi connectivity index (χ2v) is 3.42. The highest BCUT2D eigenvalue weighted by atomic mass is 15.4. The minimum absolute atomic E-state index is 0.974. The number of likely N-dealkylation sites (N-methyl/N-ethyl adjacent to an activating group) is 1. The first-order valence-corrected chi connectivity index (χ1v) is 4.98. The predicted octanol–water partition coefficient (Wildman–Crippen LogP) is 0.676. The number of hydrogen-bond donors (Lipinski definition) is 0. The summed E-state index contributed by atoms with van der Waals surface area (Å²) in [4.78, 5) is 2.41. The van der Waals surface area contributed by atoms with Crippen molar-refractivity contribution in [3.05, 3.63) is 11.6 Å². The first kappa shape index (κ1) is 8.69. The van der Waals surface area contributed by atoms with Crippen molar-refractivity contribution in [3.8, 4) is 0 Å². The van der Waals surface area contributed by atoms with Crippen molar-refractivity contribution in [2.45, 2.75) is 33.4 Å². The maximum absolute atomic E-state index is 4.18. The lowest BCUT2D eigenvalue weighted by Gasteiger charge is -2.26. The van der Waals surface area contributed by atoms with Crippen LogP contribution in [-0.2, 0) is 19.5 Å². The SMILES string of the molecule is CCc1nnc2n1CN(CC)CC2. The molecular weight excluding hydrogens is 164 g/mol. The molecule has 0 aliphatic carbocycles. The van der Waals surface area contributed by atoms with Gasteiger partial charge in [0, 0.05) is 19.4 Å². The summed E-state index contributed by atoms with van der Waals surface area (Å²) in [5, 5.41) is 8.35. The van der Waals surface area contributed by atoms with Gasteiger partial charge in [0.1, 0.15) is 11.6 Å². The summed E-state index contributed by atoms with van der Waals surface area (Å²) < 4.78 is 2.24. The van der Waals surface area contributed by atoms with E-state index >= 15 is 0 Å². The molecule has 4 heteroatoms. The third-order valence-electron chi connectivity index (χ3n) is 2.66. The van der Waals surface area contributed by atoms with Crippen LogP contribution in [0.5, 0.6) is 0 Å². The molecule has 0 bridgehead atoms. The Labute approximate surface area is 78.6 Å². The quantitative estimate of drug-likeness (QED) is 0.671. The van der Waals surface area contributed by atoms with Crippen molar-refractivity contribution < 1.29 is 0 Å². The van der Waals surface area contributed by atoms with Crippen molar-refractivity contribution in [1.82, 2.24) is 19.7 Å². The number of nitrogens with zero attached hydrogens (tertiary/aromatic N) is 4. The molecule has 13 heavy (non-hydrogen) atoms. The van der Waals surface area contributed by atoms with E-state index in [9.17, 15) is 0 Å². The summed E-state index contributed by atoms with van der Waals surface area (Å²) in [6, 6.07) is 0. The standard InChI is InChI=1S/C9H16N4/c1-3-8-10-11-9-5-6-12(4-2)7-13(8)9/h3-7H2,1-2H3. The van der Waals surface area contributed by atoms with Crippen LogP contribution >= 0.6 is 0 Å². The molecule has 0 N–H and O–H groups in total. The smallest absolute Gasteiger partial charge is 0.135 e. The van der Waals surface area contributed by atoms with Crippen molar-refractivity contribution >= 4 is 0 Å². The third kappa shape index (κ3) is 1.46. The monoisotopic (exact) mass is 180 g/mol. The van der Waals surface area contributed by atoms with E-state index in [2.05, 4.69) is 33.5 Å². The average Bonchev–Trinajstić information content (AvgIpc) is 2.59. The molecular formula is C9H16N4. The van der Waals surface area contributed by atoms with Crippen molar-refractivity contribution in [3.63, 3.8) is 0 Å². The lowest BCUT2D eigenvalue weighted by molar-refractivity contribution is 0.199. The highest BCUT2D eigenvalue weighted by molar-refractivity contribution is 4.98. The van der Waals surface area contributed by atoms with Crippen molar-refractivity contribution in [1.29, 1.82) is 0 Å². The minimum Gasteiger partial charge on any atom is -0.301 e. The molecule has 0 aromatic carbocycles. The number of rotatable bonds is 2. The van der Waals surface area contributed by atoms with Crippen molar-refractivity contribution in [2.24, 2.45) is 0 Å². The highest BCUT2D eigenvalue weighted by Crippen LogP contribution is 2.11. The molecule has 0 fully saturated rings. The summed E-state index contributed by atoms with van der Waals surface area (Å²) in [6.45, 7) is 7.53. The summed E-state index contributed by atoms with van der Waals surface area (Å²) in [6.07, 6.45) is 2.02. The summed E-state index contributed by atoms with van der Waals surface area (Å²) >= 11 is 0. The molecule has 4 nitrogen and oxygen atoms in total. The summed E-state index contributed by atoms with van der Waals surface area (Å²) in [5.74, 6) is 2.27. The summed E-state index contributed by atoms with van der Waals surface area (Å²) in [5.41, 5.74) is 0. The van der Waals surface area contributed by atoms with Crippen LogP contribution in [0.3, 0.4) is 0 Å². The van der Waals surface area contributed by atoms with Crippen LogP contribution in [0.25, 0.3) is 0 Å². The maximum Gasteiger partial charge on any atom is 0.135 e. The first-order valence-electron chi connectivity index (χ1n) is 4.98. The fourth-order valence-electron chi connectivity index (χ4n) is 1.77. The van der Waals surface area contributed by atoms with Gasteiger partial charge in [0.05, 0.1) is 6.67 Å². The normalized spacial score (nSPS) is 17.4. The van der Waals surface area contributed by atoms with E-state index in [1.165, 1.54) is 0 Å². The van der Waals surface area contributed by atoms with E-state index in [1.807, 2.05) is 0 Å². The van der Waals surface area contributed by atoms with E-state index in [0.717, 1.165) is 44.2 Å². The van der Waals surface area contributed by atoms with Crippen LogP contribution in [0.4, 0.5) is 0 Å². The Hall–Kier alpha value is -0.900. The highest BCUT2D eigenvalue weighted by Gasteiger charge is 2.18. The zero-order valence-corrected chi connectivity index (χ0v) is 8.32. The average molecular weight is 180 g/mol. The molecule has 0 spiro atoms. The van der Waals surface area contributed by atoms with Gasteiger partial charge in [-0.15, -0.1) is 10.2 Å². The number of aromatic nitrogens is 3. The topological polar surface area (TPSA) is 34.0 Å². The Morgan fingerprint density at radius 3 is 2.85 bits per heavy atom. The number of aryl methyl sites for hydroxylation is 1. The van der Waals surface area contributed by atoms with Gasteiger partial charge in [0.2, 0.25) is 0 Å². The second kappa shape index (κ2) is 3.46. The van der Waals surface area contributed by atoms with Crippen molar-refractivity contribution in [2.75, 3.05) is 13.1 Å². The molecule has 0 atom stereocenters. The van der Waals surface area contributed by atoms with E-state index in [0.29, 0.717) is 0 Å². The molecule has 2 rings (SSSR count). The van der Waals surface area contributed by atoms with Gasteiger partial charge in [-0.2, -0.15) is 0 Å². The van der Waals surface area contributed by atoms with E-state index in [1.54, 1.807) is 0 Å². The molecule has 0 unspecified atom stereocenters. The van der Waals surface area contributed by atoms with Gasteiger partial charge in [-0.1, -0.05) is 13.8 Å². The zero-order chi connectivity index (χ0) is 9.26. The largest absolute Gasteiger partial charge is 0.301 e. The molecule has 1 aliphatic heterocycles. The van der Waals surface area contributed by atoms with Gasteiger partial charge in [-0.3, -0.25) is 4.90 Å². The fourth-order valence-corrected chi connectivity index (χ4v) is 1.77. The zero-order valence-electron chi connectivity index (χ0n) is 8.32. The Kier molecular flexibility index (Phi) is 2.31. The van der Waals surface area contributed by atoms with Crippen LogP contribution < -0.4 is 0 Å². The lowest BCUT2D eigenvalue weighted by Crippen LogP contribution is -2.34. The Bertz CT molecular complexity index is 278. The third-order valence-corrected chi connectivity index (χ3v) is 2.66. The molecule has 1 aromatic rings. The van der Waals surface area contributed by atoms with Crippen LogP contribution in [0.15, 0.2) is 0 Å².